The number of carbonyl (C=O) groups excluding carboxylic acids is 1. The minimum Gasteiger partial charge on any atom is -0.494 e. The van der Waals surface area contributed by atoms with E-state index < -0.39 is 5.60 Å². The lowest BCUT2D eigenvalue weighted by Crippen LogP contribution is -2.34. The molecule has 2 aromatic rings. The second-order valence-electron chi connectivity index (χ2n) is 9.34. The summed E-state index contributed by atoms with van der Waals surface area (Å²) in [4.78, 5) is 12.2. The van der Waals surface area contributed by atoms with E-state index in [2.05, 4.69) is 38.1 Å². The van der Waals surface area contributed by atoms with E-state index in [-0.39, 0.29) is 11.9 Å². The Bertz CT molecular complexity index is 833. The normalized spacial score (nSPS) is 20.4. The molecule has 0 saturated heterocycles. The van der Waals surface area contributed by atoms with Crippen molar-refractivity contribution in [3.05, 3.63) is 54.1 Å². The maximum atomic E-state index is 12.2. The van der Waals surface area contributed by atoms with Gasteiger partial charge in [0, 0.05) is 0 Å². The molecule has 0 atom stereocenters. The van der Waals surface area contributed by atoms with Gasteiger partial charge in [0.25, 0.3) is 0 Å². The van der Waals surface area contributed by atoms with Gasteiger partial charge in [0.1, 0.15) is 5.75 Å². The summed E-state index contributed by atoms with van der Waals surface area (Å²) in [7, 11) is 0. The fraction of sp³-hybridized carbons (Fsp3) is 0.552. The van der Waals surface area contributed by atoms with Gasteiger partial charge in [-0.15, -0.1) is 0 Å². The number of unbranched alkanes of at least 4 members (excludes halogenated alkanes) is 4. The van der Waals surface area contributed by atoms with Crippen molar-refractivity contribution >= 4 is 5.97 Å². The van der Waals surface area contributed by atoms with E-state index in [0.29, 0.717) is 32.3 Å². The first-order valence-electron chi connectivity index (χ1n) is 12.8. The highest BCUT2D eigenvalue weighted by molar-refractivity contribution is 5.72. The van der Waals surface area contributed by atoms with Gasteiger partial charge in [-0.3, -0.25) is 4.79 Å². The Morgan fingerprint density at radius 1 is 0.848 bits per heavy atom. The molecule has 1 aliphatic carbocycles. The van der Waals surface area contributed by atoms with Crippen LogP contribution in [0.4, 0.5) is 0 Å². The monoisotopic (exact) mass is 452 g/mol. The van der Waals surface area contributed by atoms with Gasteiger partial charge in [0.2, 0.25) is 0 Å². The minimum absolute atomic E-state index is 0.0891. The van der Waals surface area contributed by atoms with E-state index in [1.165, 1.54) is 19.3 Å². The molecule has 4 nitrogen and oxygen atoms in total. The zero-order valence-corrected chi connectivity index (χ0v) is 20.4. The highest BCUT2D eigenvalue weighted by Gasteiger charge is 2.37. The molecule has 0 aromatic heterocycles. The van der Waals surface area contributed by atoms with Crippen LogP contribution >= 0.6 is 0 Å². The van der Waals surface area contributed by atoms with Gasteiger partial charge in [0.15, 0.2) is 0 Å². The van der Waals surface area contributed by atoms with Gasteiger partial charge in [-0.05, 0) is 67.3 Å². The Morgan fingerprint density at radius 3 is 2.06 bits per heavy atom. The van der Waals surface area contributed by atoms with Crippen LogP contribution in [-0.2, 0) is 15.1 Å². The lowest BCUT2D eigenvalue weighted by molar-refractivity contribution is -0.151. The lowest BCUT2D eigenvalue weighted by atomic mass is 9.75. The van der Waals surface area contributed by atoms with Crippen LogP contribution in [0.5, 0.6) is 5.75 Å². The van der Waals surface area contributed by atoms with Crippen LogP contribution in [-0.4, -0.2) is 24.3 Å². The molecular formula is C29H40O4. The smallest absolute Gasteiger partial charge is 0.308 e. The molecule has 2 aromatic carbocycles. The molecule has 1 N–H and O–H groups in total. The van der Waals surface area contributed by atoms with Crippen LogP contribution in [0, 0.1) is 5.92 Å². The van der Waals surface area contributed by atoms with E-state index in [1.54, 1.807) is 0 Å². The number of carbonyl (C=O) groups is 1. The largest absolute Gasteiger partial charge is 0.494 e. The first kappa shape index (κ1) is 25.3. The average Bonchev–Trinajstić information content (AvgIpc) is 2.85. The maximum Gasteiger partial charge on any atom is 0.308 e. The van der Waals surface area contributed by atoms with E-state index in [9.17, 15) is 9.90 Å². The number of ether oxygens (including phenoxy) is 2. The number of aliphatic hydroxyl groups is 1. The van der Waals surface area contributed by atoms with E-state index in [4.69, 9.17) is 9.47 Å². The van der Waals surface area contributed by atoms with Crippen LogP contribution in [0.25, 0.3) is 11.1 Å². The summed E-state index contributed by atoms with van der Waals surface area (Å²) in [5.41, 5.74) is 2.31. The Labute approximate surface area is 199 Å². The Hall–Kier alpha value is -2.33. The third-order valence-corrected chi connectivity index (χ3v) is 6.76. The fourth-order valence-corrected chi connectivity index (χ4v) is 4.49. The zero-order chi connectivity index (χ0) is 23.5. The molecule has 180 valence electrons. The molecule has 0 amide bonds. The van der Waals surface area contributed by atoms with Crippen molar-refractivity contribution < 1.29 is 19.4 Å². The van der Waals surface area contributed by atoms with Crippen molar-refractivity contribution in [2.24, 2.45) is 5.92 Å². The first-order chi connectivity index (χ1) is 16.1. The zero-order valence-electron chi connectivity index (χ0n) is 20.4. The molecule has 0 aliphatic heterocycles. The van der Waals surface area contributed by atoms with Crippen molar-refractivity contribution in [3.8, 4) is 16.9 Å². The number of hydrogen-bond donors (Lipinski definition) is 1. The second-order valence-corrected chi connectivity index (χ2v) is 9.34. The van der Waals surface area contributed by atoms with E-state index in [1.807, 2.05) is 24.3 Å². The number of esters is 1. The van der Waals surface area contributed by atoms with Crippen molar-refractivity contribution in [1.82, 2.24) is 0 Å². The molecule has 0 unspecified atom stereocenters. The van der Waals surface area contributed by atoms with E-state index >= 15 is 0 Å². The molecule has 0 spiro atoms. The van der Waals surface area contributed by atoms with Crippen LogP contribution in [0.15, 0.2) is 48.5 Å². The molecule has 1 saturated carbocycles. The molecule has 4 heteroatoms. The second kappa shape index (κ2) is 12.8. The Kier molecular flexibility index (Phi) is 9.80. The third kappa shape index (κ3) is 7.33. The molecule has 0 bridgehead atoms. The highest BCUT2D eigenvalue weighted by Crippen LogP contribution is 2.40. The topological polar surface area (TPSA) is 55.8 Å². The van der Waals surface area contributed by atoms with Gasteiger partial charge in [0.05, 0.1) is 24.7 Å². The molecule has 1 fully saturated rings. The van der Waals surface area contributed by atoms with E-state index in [0.717, 1.165) is 48.3 Å². The third-order valence-electron chi connectivity index (χ3n) is 6.76. The van der Waals surface area contributed by atoms with Gasteiger partial charge < -0.3 is 14.6 Å². The van der Waals surface area contributed by atoms with Crippen LogP contribution in [0.3, 0.4) is 0 Å². The fourth-order valence-electron chi connectivity index (χ4n) is 4.49. The molecule has 0 heterocycles. The van der Waals surface area contributed by atoms with Crippen molar-refractivity contribution in [2.75, 3.05) is 13.2 Å². The molecule has 0 radical (unpaired) electrons. The highest BCUT2D eigenvalue weighted by atomic mass is 16.5. The summed E-state index contributed by atoms with van der Waals surface area (Å²) < 4.78 is 11.2. The molecule has 33 heavy (non-hydrogen) atoms. The van der Waals surface area contributed by atoms with Crippen molar-refractivity contribution in [1.29, 1.82) is 0 Å². The first-order valence-corrected chi connectivity index (χ1v) is 12.8. The Balaban J connectivity index is 1.52. The summed E-state index contributed by atoms with van der Waals surface area (Å²) in [6.45, 7) is 5.57. The predicted octanol–water partition coefficient (Wildman–Crippen LogP) is 7.03. The van der Waals surface area contributed by atoms with Gasteiger partial charge >= 0.3 is 5.97 Å². The van der Waals surface area contributed by atoms with Gasteiger partial charge in [-0.2, -0.15) is 0 Å². The van der Waals surface area contributed by atoms with Crippen LogP contribution < -0.4 is 4.74 Å². The van der Waals surface area contributed by atoms with Crippen LogP contribution in [0.1, 0.15) is 83.6 Å². The van der Waals surface area contributed by atoms with Crippen LogP contribution in [0.2, 0.25) is 0 Å². The minimum atomic E-state index is -0.867. The van der Waals surface area contributed by atoms with Gasteiger partial charge in [-0.1, -0.05) is 75.9 Å². The number of benzene rings is 2. The number of hydrogen-bond acceptors (Lipinski definition) is 4. The summed E-state index contributed by atoms with van der Waals surface area (Å²) in [6, 6.07) is 16.4. The molecule has 1 aliphatic rings. The summed E-state index contributed by atoms with van der Waals surface area (Å²) in [5.74, 6) is 0.717. The molecule has 3 rings (SSSR count). The van der Waals surface area contributed by atoms with Crippen molar-refractivity contribution in [3.63, 3.8) is 0 Å². The Morgan fingerprint density at radius 2 is 1.45 bits per heavy atom. The average molecular weight is 453 g/mol. The summed E-state index contributed by atoms with van der Waals surface area (Å²) >= 11 is 0. The molecular weight excluding hydrogens is 412 g/mol. The summed E-state index contributed by atoms with van der Waals surface area (Å²) in [6.07, 6.45) is 9.26. The SMILES string of the molecule is CCCCCCOc1ccc(-c2ccc(C3(O)CCC(C(=O)OCCCC)CC3)cc2)cc1. The predicted molar refractivity (Wildman–Crippen MR) is 133 cm³/mol. The van der Waals surface area contributed by atoms with Gasteiger partial charge in [-0.25, -0.2) is 0 Å². The quantitative estimate of drug-likeness (QED) is 0.277. The summed E-state index contributed by atoms with van der Waals surface area (Å²) in [5, 5.41) is 11.2. The standard InChI is InChI=1S/C29H40O4/c1-3-5-7-8-22-32-27-15-11-24(12-16-27)23-9-13-26(14-10-23)29(31)19-17-25(18-20-29)28(30)33-21-6-4-2/h9-16,25,31H,3-8,17-22H2,1-2H3. The van der Waals surface area contributed by atoms with Crippen molar-refractivity contribution in [2.45, 2.75) is 83.7 Å². The number of rotatable bonds is 12. The maximum absolute atomic E-state index is 12.2. The lowest BCUT2D eigenvalue weighted by Gasteiger charge is -2.35.